The molecule has 7 nitrogen and oxygen atoms in total. The van der Waals surface area contributed by atoms with Gasteiger partial charge in [0.1, 0.15) is 17.2 Å². The molecule has 1 aliphatic heterocycles. The number of anilines is 2. The van der Waals surface area contributed by atoms with E-state index in [1.165, 1.54) is 12.8 Å². The Morgan fingerprint density at radius 1 is 1.00 bits per heavy atom. The van der Waals surface area contributed by atoms with E-state index < -0.39 is 5.92 Å². The van der Waals surface area contributed by atoms with Crippen LogP contribution in [0.5, 0.6) is 17.2 Å². The molecule has 1 saturated carbocycles. The van der Waals surface area contributed by atoms with Crippen LogP contribution < -0.4 is 24.4 Å². The van der Waals surface area contributed by atoms with Crippen LogP contribution in [0.2, 0.25) is 0 Å². The molecule has 0 aromatic heterocycles. The molecule has 1 N–H and O–H groups in total. The summed E-state index contributed by atoms with van der Waals surface area (Å²) in [6, 6.07) is 12.7. The lowest BCUT2D eigenvalue weighted by molar-refractivity contribution is -0.122. The molecule has 4 rings (SSSR count). The summed E-state index contributed by atoms with van der Waals surface area (Å²) >= 11 is 0. The first-order valence-electron chi connectivity index (χ1n) is 10.7. The number of hydrogen-bond acceptors (Lipinski definition) is 5. The van der Waals surface area contributed by atoms with Crippen molar-refractivity contribution in [3.63, 3.8) is 0 Å². The molecule has 0 bridgehead atoms. The number of nitrogens with one attached hydrogen (secondary N) is 1. The highest BCUT2D eigenvalue weighted by molar-refractivity contribution is 6.04. The summed E-state index contributed by atoms with van der Waals surface area (Å²) in [5, 5.41) is 2.92. The van der Waals surface area contributed by atoms with Crippen molar-refractivity contribution in [2.75, 3.05) is 31.0 Å². The molecule has 2 aliphatic rings. The summed E-state index contributed by atoms with van der Waals surface area (Å²) in [6.45, 7) is 0.289. The van der Waals surface area contributed by atoms with Gasteiger partial charge >= 0.3 is 0 Å². The maximum atomic E-state index is 12.8. The van der Waals surface area contributed by atoms with Crippen molar-refractivity contribution in [1.29, 1.82) is 0 Å². The molecule has 2 fully saturated rings. The van der Waals surface area contributed by atoms with Crippen LogP contribution in [-0.2, 0) is 9.59 Å². The Morgan fingerprint density at radius 2 is 1.71 bits per heavy atom. The summed E-state index contributed by atoms with van der Waals surface area (Å²) in [6.07, 6.45) is 5.08. The van der Waals surface area contributed by atoms with Gasteiger partial charge in [0.25, 0.3) is 0 Å². The van der Waals surface area contributed by atoms with Crippen molar-refractivity contribution in [2.24, 2.45) is 5.92 Å². The highest BCUT2D eigenvalue weighted by Gasteiger charge is 2.36. The number of amides is 2. The fraction of sp³-hybridized carbons (Fsp3) is 0.417. The molecule has 1 saturated heterocycles. The van der Waals surface area contributed by atoms with Crippen LogP contribution >= 0.6 is 0 Å². The van der Waals surface area contributed by atoms with E-state index in [-0.39, 0.29) is 24.8 Å². The minimum absolute atomic E-state index is 0.119. The van der Waals surface area contributed by atoms with E-state index in [4.69, 9.17) is 14.2 Å². The fourth-order valence-corrected chi connectivity index (χ4v) is 4.18. The van der Waals surface area contributed by atoms with Gasteiger partial charge in [0.05, 0.1) is 31.9 Å². The van der Waals surface area contributed by atoms with E-state index in [0.29, 0.717) is 29.0 Å². The van der Waals surface area contributed by atoms with Crippen molar-refractivity contribution in [3.8, 4) is 17.2 Å². The van der Waals surface area contributed by atoms with E-state index >= 15 is 0 Å². The van der Waals surface area contributed by atoms with Gasteiger partial charge in [0.15, 0.2) is 0 Å². The SMILES string of the molecule is COc1ccc(OC)c(N2CC(C(=O)Nc3ccc(OC4CCCC4)cc3)CC2=O)c1. The van der Waals surface area contributed by atoms with Crippen molar-refractivity contribution in [3.05, 3.63) is 42.5 Å². The number of rotatable bonds is 7. The molecule has 31 heavy (non-hydrogen) atoms. The third kappa shape index (κ3) is 4.76. The van der Waals surface area contributed by atoms with Crippen LogP contribution in [0.25, 0.3) is 0 Å². The molecule has 1 atom stereocenters. The Kier molecular flexibility index (Phi) is 6.30. The second-order valence-corrected chi connectivity index (χ2v) is 7.98. The normalized spacial score (nSPS) is 18.8. The average Bonchev–Trinajstić information content (AvgIpc) is 3.44. The monoisotopic (exact) mass is 424 g/mol. The molecule has 0 radical (unpaired) electrons. The molecule has 2 aromatic rings. The third-order valence-electron chi connectivity index (χ3n) is 5.90. The molecule has 2 aromatic carbocycles. The van der Waals surface area contributed by atoms with Gasteiger partial charge in [-0.1, -0.05) is 0 Å². The number of methoxy groups -OCH3 is 2. The second-order valence-electron chi connectivity index (χ2n) is 7.98. The van der Waals surface area contributed by atoms with Gasteiger partial charge in [-0.2, -0.15) is 0 Å². The zero-order valence-corrected chi connectivity index (χ0v) is 17.9. The predicted molar refractivity (Wildman–Crippen MR) is 118 cm³/mol. The van der Waals surface area contributed by atoms with Gasteiger partial charge in [-0.3, -0.25) is 9.59 Å². The number of benzene rings is 2. The van der Waals surface area contributed by atoms with Crippen molar-refractivity contribution >= 4 is 23.2 Å². The van der Waals surface area contributed by atoms with Gasteiger partial charge in [-0.05, 0) is 62.1 Å². The lowest BCUT2D eigenvalue weighted by Crippen LogP contribution is -2.28. The van der Waals surface area contributed by atoms with E-state index in [2.05, 4.69) is 5.32 Å². The Balaban J connectivity index is 1.39. The lowest BCUT2D eigenvalue weighted by Gasteiger charge is -2.20. The molecule has 1 aliphatic carbocycles. The molecular weight excluding hydrogens is 396 g/mol. The zero-order chi connectivity index (χ0) is 21.8. The number of carbonyl (C=O) groups is 2. The molecule has 2 amide bonds. The maximum Gasteiger partial charge on any atom is 0.229 e. The first-order valence-corrected chi connectivity index (χ1v) is 10.7. The van der Waals surface area contributed by atoms with E-state index in [1.807, 2.05) is 24.3 Å². The van der Waals surface area contributed by atoms with Gasteiger partial charge in [-0.15, -0.1) is 0 Å². The molecule has 1 unspecified atom stereocenters. The smallest absolute Gasteiger partial charge is 0.229 e. The van der Waals surface area contributed by atoms with Crippen LogP contribution in [0.4, 0.5) is 11.4 Å². The quantitative estimate of drug-likeness (QED) is 0.727. The topological polar surface area (TPSA) is 77.1 Å². The van der Waals surface area contributed by atoms with Crippen molar-refractivity contribution in [1.82, 2.24) is 0 Å². The van der Waals surface area contributed by atoms with Crippen LogP contribution in [-0.4, -0.2) is 38.7 Å². The highest BCUT2D eigenvalue weighted by atomic mass is 16.5. The van der Waals surface area contributed by atoms with Crippen LogP contribution in [0.3, 0.4) is 0 Å². The molecular formula is C24H28N2O5. The van der Waals surface area contributed by atoms with Crippen LogP contribution in [0.15, 0.2) is 42.5 Å². The number of carbonyl (C=O) groups excluding carboxylic acids is 2. The van der Waals surface area contributed by atoms with Gasteiger partial charge < -0.3 is 24.4 Å². The van der Waals surface area contributed by atoms with Crippen LogP contribution in [0.1, 0.15) is 32.1 Å². The largest absolute Gasteiger partial charge is 0.497 e. The summed E-state index contributed by atoms with van der Waals surface area (Å²) < 4.78 is 16.6. The fourth-order valence-electron chi connectivity index (χ4n) is 4.18. The average molecular weight is 424 g/mol. The summed E-state index contributed by atoms with van der Waals surface area (Å²) in [4.78, 5) is 27.0. The first-order chi connectivity index (χ1) is 15.1. The van der Waals surface area contributed by atoms with Gasteiger partial charge in [-0.25, -0.2) is 0 Å². The van der Waals surface area contributed by atoms with E-state index in [0.717, 1.165) is 18.6 Å². The standard InChI is InChI=1S/C24H28N2O5/c1-29-20-11-12-22(30-2)21(14-20)26-15-16(13-23(26)27)24(28)25-17-7-9-19(10-8-17)31-18-5-3-4-6-18/h7-12,14,16,18H,3-6,13,15H2,1-2H3,(H,25,28). The third-order valence-corrected chi connectivity index (χ3v) is 5.90. The Labute approximate surface area is 182 Å². The van der Waals surface area contributed by atoms with Gasteiger partial charge in [0.2, 0.25) is 11.8 Å². The first kappa shape index (κ1) is 21.0. The van der Waals surface area contributed by atoms with E-state index in [1.54, 1.807) is 37.3 Å². The molecule has 7 heteroatoms. The molecule has 1 heterocycles. The minimum Gasteiger partial charge on any atom is -0.497 e. The number of hydrogen-bond donors (Lipinski definition) is 1. The zero-order valence-electron chi connectivity index (χ0n) is 17.9. The maximum absolute atomic E-state index is 12.8. The Hall–Kier alpha value is -3.22. The number of nitrogens with zero attached hydrogens (tertiary/aromatic N) is 1. The van der Waals surface area contributed by atoms with E-state index in [9.17, 15) is 9.59 Å². The second kappa shape index (κ2) is 9.29. The van der Waals surface area contributed by atoms with Crippen LogP contribution in [0, 0.1) is 5.92 Å². The summed E-state index contributed by atoms with van der Waals surface area (Å²) in [7, 11) is 3.12. The Bertz CT molecular complexity index is 937. The lowest BCUT2D eigenvalue weighted by atomic mass is 10.1. The Morgan fingerprint density at radius 3 is 2.39 bits per heavy atom. The van der Waals surface area contributed by atoms with Crippen molar-refractivity contribution in [2.45, 2.75) is 38.2 Å². The van der Waals surface area contributed by atoms with Gasteiger partial charge in [0, 0.05) is 24.7 Å². The molecule has 0 spiro atoms. The molecule has 164 valence electrons. The highest BCUT2D eigenvalue weighted by Crippen LogP contribution is 2.36. The minimum atomic E-state index is -0.446. The number of ether oxygens (including phenoxy) is 3. The summed E-state index contributed by atoms with van der Waals surface area (Å²) in [5.41, 5.74) is 1.30. The van der Waals surface area contributed by atoms with Crippen molar-refractivity contribution < 1.29 is 23.8 Å². The predicted octanol–water partition coefficient (Wildman–Crippen LogP) is 4.02. The summed E-state index contributed by atoms with van der Waals surface area (Å²) in [5.74, 6) is 1.26.